The minimum Gasteiger partial charge on any atom is -0.319 e. The average Bonchev–Trinajstić information content (AvgIpc) is 2.99. The number of halogens is 1. The first-order chi connectivity index (χ1) is 8.84. The lowest BCUT2D eigenvalue weighted by atomic mass is 9.99. The molecule has 0 amide bonds. The first-order valence-corrected chi connectivity index (χ1v) is 7.13. The Hall–Kier alpha value is -0.650. The van der Waals surface area contributed by atoms with Crippen LogP contribution >= 0.6 is 12.4 Å². The van der Waals surface area contributed by atoms with Crippen molar-refractivity contribution >= 4 is 12.4 Å². The summed E-state index contributed by atoms with van der Waals surface area (Å²) >= 11 is 0. The van der Waals surface area contributed by atoms with Gasteiger partial charge in [0.15, 0.2) is 0 Å². The first kappa shape index (κ1) is 14.8. The molecule has 0 aromatic carbocycles. The average molecular weight is 286 g/mol. The summed E-state index contributed by atoms with van der Waals surface area (Å²) in [5.41, 5.74) is 0. The fourth-order valence-electron chi connectivity index (χ4n) is 3.34. The lowest BCUT2D eigenvalue weighted by molar-refractivity contribution is 0.188. The number of nitrogens with zero attached hydrogens (tertiary/aromatic N) is 4. The zero-order valence-electron chi connectivity index (χ0n) is 11.6. The standard InChI is InChI=1S/C13H23N5.ClH/c1-17-10-15-16-13(17)12-5-3-7-18(12)9-11-4-2-6-14-8-11;/h10-12,14H,2-9H2,1H3;1H. The van der Waals surface area contributed by atoms with Crippen LogP contribution in [0.15, 0.2) is 6.33 Å². The van der Waals surface area contributed by atoms with Crippen molar-refractivity contribution in [2.75, 3.05) is 26.2 Å². The second kappa shape index (κ2) is 6.68. The molecule has 0 aliphatic carbocycles. The molecule has 0 radical (unpaired) electrons. The molecular weight excluding hydrogens is 262 g/mol. The largest absolute Gasteiger partial charge is 0.319 e. The van der Waals surface area contributed by atoms with Crippen molar-refractivity contribution in [1.29, 1.82) is 0 Å². The quantitative estimate of drug-likeness (QED) is 0.911. The van der Waals surface area contributed by atoms with Gasteiger partial charge in [0.25, 0.3) is 0 Å². The van der Waals surface area contributed by atoms with Gasteiger partial charge in [0, 0.05) is 13.6 Å². The van der Waals surface area contributed by atoms with Gasteiger partial charge in [-0.05, 0) is 51.2 Å². The lowest BCUT2D eigenvalue weighted by Gasteiger charge is -2.30. The van der Waals surface area contributed by atoms with E-state index in [9.17, 15) is 0 Å². The number of hydrogen-bond donors (Lipinski definition) is 1. The molecule has 2 unspecified atom stereocenters. The SMILES string of the molecule is Cl.Cn1cnnc1C1CCCN1CC1CCCNC1. The van der Waals surface area contributed by atoms with Crippen LogP contribution in [0.2, 0.25) is 0 Å². The van der Waals surface area contributed by atoms with Crippen molar-refractivity contribution < 1.29 is 0 Å². The number of nitrogens with one attached hydrogen (secondary N) is 1. The molecule has 0 bridgehead atoms. The van der Waals surface area contributed by atoms with E-state index < -0.39 is 0 Å². The first-order valence-electron chi connectivity index (χ1n) is 7.13. The maximum atomic E-state index is 4.30. The van der Waals surface area contributed by atoms with Crippen LogP contribution in [0, 0.1) is 5.92 Å². The van der Waals surface area contributed by atoms with E-state index in [0.29, 0.717) is 6.04 Å². The van der Waals surface area contributed by atoms with E-state index >= 15 is 0 Å². The Morgan fingerprint density at radius 2 is 2.26 bits per heavy atom. The molecule has 2 saturated heterocycles. The van der Waals surface area contributed by atoms with Gasteiger partial charge in [-0.3, -0.25) is 4.90 Å². The molecule has 1 aromatic rings. The van der Waals surface area contributed by atoms with E-state index in [0.717, 1.165) is 11.7 Å². The van der Waals surface area contributed by atoms with Gasteiger partial charge in [-0.1, -0.05) is 0 Å². The zero-order chi connectivity index (χ0) is 12.4. The molecule has 2 fully saturated rings. The van der Waals surface area contributed by atoms with Crippen LogP contribution in [0.25, 0.3) is 0 Å². The summed E-state index contributed by atoms with van der Waals surface area (Å²) in [4.78, 5) is 2.61. The van der Waals surface area contributed by atoms with Gasteiger partial charge in [-0.25, -0.2) is 0 Å². The van der Waals surface area contributed by atoms with Gasteiger partial charge in [-0.15, -0.1) is 22.6 Å². The summed E-state index contributed by atoms with van der Waals surface area (Å²) in [5.74, 6) is 1.95. The van der Waals surface area contributed by atoms with Gasteiger partial charge in [0.1, 0.15) is 12.2 Å². The molecule has 2 atom stereocenters. The van der Waals surface area contributed by atoms with Gasteiger partial charge in [0.05, 0.1) is 6.04 Å². The second-order valence-corrected chi connectivity index (χ2v) is 5.67. The third-order valence-corrected chi connectivity index (χ3v) is 4.30. The van der Waals surface area contributed by atoms with Crippen LogP contribution < -0.4 is 5.32 Å². The summed E-state index contributed by atoms with van der Waals surface area (Å²) < 4.78 is 2.07. The summed E-state index contributed by atoms with van der Waals surface area (Å²) in [6, 6.07) is 0.486. The van der Waals surface area contributed by atoms with Crippen LogP contribution in [0.1, 0.15) is 37.5 Å². The highest BCUT2D eigenvalue weighted by Gasteiger charge is 2.31. The molecule has 3 heterocycles. The molecule has 108 valence electrons. The molecule has 6 heteroatoms. The Balaban J connectivity index is 0.00000133. The zero-order valence-corrected chi connectivity index (χ0v) is 12.4. The number of likely N-dealkylation sites (tertiary alicyclic amines) is 1. The van der Waals surface area contributed by atoms with Gasteiger partial charge in [0.2, 0.25) is 0 Å². The topological polar surface area (TPSA) is 46.0 Å². The molecule has 0 saturated carbocycles. The van der Waals surface area contributed by atoms with Crippen molar-refractivity contribution in [3.05, 3.63) is 12.2 Å². The normalized spacial score (nSPS) is 28.3. The van der Waals surface area contributed by atoms with E-state index in [1.54, 1.807) is 0 Å². The van der Waals surface area contributed by atoms with Crippen LogP contribution in [0.4, 0.5) is 0 Å². The molecular formula is C13H24ClN5. The number of hydrogen-bond acceptors (Lipinski definition) is 4. The Kier molecular flexibility index (Phi) is 5.19. The highest BCUT2D eigenvalue weighted by molar-refractivity contribution is 5.85. The highest BCUT2D eigenvalue weighted by Crippen LogP contribution is 2.31. The van der Waals surface area contributed by atoms with Crippen molar-refractivity contribution in [2.45, 2.75) is 31.7 Å². The summed E-state index contributed by atoms with van der Waals surface area (Å²) in [6.07, 6.45) is 7.03. The number of aromatic nitrogens is 3. The van der Waals surface area contributed by atoms with Crippen molar-refractivity contribution in [3.8, 4) is 0 Å². The fourth-order valence-corrected chi connectivity index (χ4v) is 3.34. The third kappa shape index (κ3) is 3.27. The molecule has 19 heavy (non-hydrogen) atoms. The minimum atomic E-state index is 0. The smallest absolute Gasteiger partial charge is 0.149 e. The summed E-state index contributed by atoms with van der Waals surface area (Å²) in [6.45, 7) is 4.81. The summed E-state index contributed by atoms with van der Waals surface area (Å²) in [5, 5.41) is 11.8. The predicted molar refractivity (Wildman–Crippen MR) is 77.4 cm³/mol. The van der Waals surface area contributed by atoms with E-state index in [4.69, 9.17) is 0 Å². The Morgan fingerprint density at radius 3 is 2.95 bits per heavy atom. The third-order valence-electron chi connectivity index (χ3n) is 4.30. The highest BCUT2D eigenvalue weighted by atomic mass is 35.5. The van der Waals surface area contributed by atoms with E-state index in [2.05, 4.69) is 25.0 Å². The number of rotatable bonds is 3. The second-order valence-electron chi connectivity index (χ2n) is 5.67. The summed E-state index contributed by atoms with van der Waals surface area (Å²) in [7, 11) is 2.05. The van der Waals surface area contributed by atoms with Crippen LogP contribution in [-0.4, -0.2) is 45.8 Å². The Bertz CT molecular complexity index is 388. The predicted octanol–water partition coefficient (Wildman–Crippen LogP) is 1.37. The van der Waals surface area contributed by atoms with Crippen molar-refractivity contribution in [3.63, 3.8) is 0 Å². The minimum absolute atomic E-state index is 0. The Morgan fingerprint density at radius 1 is 1.37 bits per heavy atom. The maximum Gasteiger partial charge on any atom is 0.149 e. The lowest BCUT2D eigenvalue weighted by Crippen LogP contribution is -2.38. The number of piperidine rings is 1. The Labute approximate surface area is 121 Å². The van der Waals surface area contributed by atoms with Crippen molar-refractivity contribution in [2.24, 2.45) is 13.0 Å². The molecule has 2 aliphatic heterocycles. The number of aryl methyl sites for hydroxylation is 1. The maximum absolute atomic E-state index is 4.30. The van der Waals surface area contributed by atoms with Crippen LogP contribution in [0.3, 0.4) is 0 Å². The van der Waals surface area contributed by atoms with Crippen LogP contribution in [0.5, 0.6) is 0 Å². The molecule has 1 aromatic heterocycles. The molecule has 5 nitrogen and oxygen atoms in total. The molecule has 2 aliphatic rings. The molecule has 0 spiro atoms. The van der Waals surface area contributed by atoms with E-state index in [-0.39, 0.29) is 12.4 Å². The van der Waals surface area contributed by atoms with Crippen molar-refractivity contribution in [1.82, 2.24) is 25.0 Å². The van der Waals surface area contributed by atoms with Gasteiger partial charge < -0.3 is 9.88 Å². The van der Waals surface area contributed by atoms with Crippen LogP contribution in [-0.2, 0) is 7.05 Å². The van der Waals surface area contributed by atoms with E-state index in [1.807, 2.05) is 13.4 Å². The molecule has 1 N–H and O–H groups in total. The van der Waals surface area contributed by atoms with Gasteiger partial charge in [-0.2, -0.15) is 0 Å². The van der Waals surface area contributed by atoms with Gasteiger partial charge >= 0.3 is 0 Å². The fraction of sp³-hybridized carbons (Fsp3) is 0.846. The van der Waals surface area contributed by atoms with E-state index in [1.165, 1.54) is 51.9 Å². The monoisotopic (exact) mass is 285 g/mol. The molecule has 3 rings (SSSR count).